The van der Waals surface area contributed by atoms with Crippen molar-refractivity contribution in [1.82, 2.24) is 14.5 Å². The summed E-state index contributed by atoms with van der Waals surface area (Å²) in [7, 11) is 3.35. The summed E-state index contributed by atoms with van der Waals surface area (Å²) in [6, 6.07) is 10.3. The first-order valence-corrected chi connectivity index (χ1v) is 10.9. The van der Waals surface area contributed by atoms with E-state index in [-0.39, 0.29) is 11.2 Å². The molecule has 1 aliphatic rings. The van der Waals surface area contributed by atoms with Gasteiger partial charge in [-0.15, -0.1) is 0 Å². The molecule has 0 atom stereocenters. The first-order chi connectivity index (χ1) is 16.0. The molecule has 1 aromatic carbocycles. The van der Waals surface area contributed by atoms with Crippen molar-refractivity contribution in [2.24, 2.45) is 7.05 Å². The fourth-order valence-electron chi connectivity index (χ4n) is 3.96. The molecule has 8 nitrogen and oxygen atoms in total. The highest BCUT2D eigenvalue weighted by atomic mass is 19.1. The zero-order valence-electron chi connectivity index (χ0n) is 18.9. The summed E-state index contributed by atoms with van der Waals surface area (Å²) in [5.41, 5.74) is 7.77. The summed E-state index contributed by atoms with van der Waals surface area (Å²) >= 11 is 0. The normalized spacial score (nSPS) is 14.5. The van der Waals surface area contributed by atoms with Gasteiger partial charge in [0.05, 0.1) is 24.2 Å². The lowest BCUT2D eigenvalue weighted by atomic mass is 10.1. The van der Waals surface area contributed by atoms with Gasteiger partial charge in [0.15, 0.2) is 5.82 Å². The van der Waals surface area contributed by atoms with Crippen molar-refractivity contribution in [2.75, 3.05) is 62.4 Å². The Kier molecular flexibility index (Phi) is 6.90. The Morgan fingerprint density at radius 1 is 1.18 bits per heavy atom. The highest BCUT2D eigenvalue weighted by Crippen LogP contribution is 2.27. The third kappa shape index (κ3) is 5.15. The molecule has 174 valence electrons. The maximum absolute atomic E-state index is 14.5. The molecule has 0 bridgehead atoms. The molecule has 1 aliphatic heterocycles. The van der Waals surface area contributed by atoms with E-state index in [2.05, 4.69) is 20.1 Å². The van der Waals surface area contributed by atoms with Crippen molar-refractivity contribution in [3.8, 4) is 11.1 Å². The molecule has 1 saturated heterocycles. The van der Waals surface area contributed by atoms with Gasteiger partial charge in [-0.05, 0) is 24.3 Å². The van der Waals surface area contributed by atoms with Crippen molar-refractivity contribution in [3.63, 3.8) is 0 Å². The predicted octanol–water partition coefficient (Wildman–Crippen LogP) is 2.68. The summed E-state index contributed by atoms with van der Waals surface area (Å²) < 4.78 is 21.1. The number of nitrogens with one attached hydrogen (secondary N) is 1. The number of nitrogens with two attached hydrogens (primary N) is 1. The topological polar surface area (TPSA) is 88.7 Å². The Morgan fingerprint density at radius 3 is 2.67 bits per heavy atom. The molecular formula is C24H29FN6O2. The van der Waals surface area contributed by atoms with Crippen LogP contribution < -0.4 is 21.5 Å². The van der Waals surface area contributed by atoms with Crippen LogP contribution in [0.2, 0.25) is 0 Å². The fraction of sp³-hybridized carbons (Fsp3) is 0.333. The minimum atomic E-state index is -0.508. The number of aryl methyl sites for hydroxylation is 1. The number of halogens is 1. The van der Waals surface area contributed by atoms with E-state index in [1.165, 1.54) is 10.6 Å². The lowest BCUT2D eigenvalue weighted by Crippen LogP contribution is -2.47. The molecule has 1 fully saturated rings. The first kappa shape index (κ1) is 22.8. The second-order valence-corrected chi connectivity index (χ2v) is 8.12. The fourth-order valence-corrected chi connectivity index (χ4v) is 3.96. The summed E-state index contributed by atoms with van der Waals surface area (Å²) in [6.07, 6.45) is 3.40. The molecular weight excluding hydrogens is 423 g/mol. The second kappa shape index (κ2) is 10.0. The van der Waals surface area contributed by atoms with Crippen LogP contribution in [0, 0.1) is 5.82 Å². The number of nitrogen functional groups attached to an aromatic ring is 1. The average Bonchev–Trinajstić information content (AvgIpc) is 2.83. The van der Waals surface area contributed by atoms with Crippen molar-refractivity contribution in [2.45, 2.75) is 0 Å². The molecule has 0 spiro atoms. The Bertz CT molecular complexity index is 1160. The van der Waals surface area contributed by atoms with Gasteiger partial charge in [-0.1, -0.05) is 12.1 Å². The van der Waals surface area contributed by atoms with Crippen molar-refractivity contribution < 1.29 is 9.13 Å². The molecule has 4 rings (SSSR count). The Balaban J connectivity index is 1.49. The van der Waals surface area contributed by atoms with E-state index < -0.39 is 5.82 Å². The van der Waals surface area contributed by atoms with Crippen LogP contribution in [0.1, 0.15) is 0 Å². The highest BCUT2D eigenvalue weighted by Gasteiger charge is 2.17. The predicted molar refractivity (Wildman–Crippen MR) is 130 cm³/mol. The quantitative estimate of drug-likeness (QED) is 0.533. The summed E-state index contributed by atoms with van der Waals surface area (Å²) in [4.78, 5) is 21.8. The number of methoxy groups -OCH3 is 1. The first-order valence-electron chi connectivity index (χ1n) is 10.9. The van der Waals surface area contributed by atoms with Gasteiger partial charge in [0.25, 0.3) is 5.56 Å². The maximum Gasteiger partial charge on any atom is 0.274 e. The van der Waals surface area contributed by atoms with E-state index in [4.69, 9.17) is 10.5 Å². The standard InChI is InChI=1S/C24H29FN6O2/c1-29-16-17(19-4-3-5-20(26)23(19)25)14-21(24(29)32)28-22-7-6-18(15-27-22)31-10-8-30(9-11-31)12-13-33-2/h3-7,14-16H,8-13,26H2,1-2H3,(H,27,28). The molecule has 0 aliphatic carbocycles. The van der Waals surface area contributed by atoms with E-state index in [9.17, 15) is 9.18 Å². The van der Waals surface area contributed by atoms with E-state index in [0.717, 1.165) is 45.0 Å². The van der Waals surface area contributed by atoms with E-state index in [0.29, 0.717) is 22.6 Å². The van der Waals surface area contributed by atoms with Crippen LogP contribution >= 0.6 is 0 Å². The maximum atomic E-state index is 14.5. The van der Waals surface area contributed by atoms with Crippen LogP contribution in [0.15, 0.2) is 53.6 Å². The minimum Gasteiger partial charge on any atom is -0.396 e. The number of nitrogens with zero attached hydrogens (tertiary/aromatic N) is 4. The molecule has 33 heavy (non-hydrogen) atoms. The molecule has 0 unspecified atom stereocenters. The summed E-state index contributed by atoms with van der Waals surface area (Å²) in [6.45, 7) is 5.49. The lowest BCUT2D eigenvalue weighted by Gasteiger charge is -2.35. The molecule has 2 aromatic heterocycles. The summed E-state index contributed by atoms with van der Waals surface area (Å²) in [5.74, 6) is 0.0340. The monoisotopic (exact) mass is 452 g/mol. The number of pyridine rings is 2. The zero-order chi connectivity index (χ0) is 23.4. The minimum absolute atomic E-state index is 0.0626. The van der Waals surface area contributed by atoms with Gasteiger partial charge >= 0.3 is 0 Å². The molecule has 3 aromatic rings. The highest BCUT2D eigenvalue weighted by molar-refractivity contribution is 5.72. The SMILES string of the molecule is COCCN1CCN(c2ccc(Nc3cc(-c4cccc(N)c4F)cn(C)c3=O)nc2)CC1. The number of rotatable bonds is 7. The number of hydrogen-bond acceptors (Lipinski definition) is 7. The van der Waals surface area contributed by atoms with Crippen molar-refractivity contribution in [1.29, 1.82) is 0 Å². The third-order valence-corrected chi connectivity index (χ3v) is 5.88. The largest absolute Gasteiger partial charge is 0.396 e. The molecule has 9 heteroatoms. The van der Waals surface area contributed by atoms with E-state index >= 15 is 0 Å². The van der Waals surface area contributed by atoms with Gasteiger partial charge in [0.1, 0.15) is 11.5 Å². The number of hydrogen-bond donors (Lipinski definition) is 2. The number of piperazine rings is 1. The van der Waals surface area contributed by atoms with Crippen molar-refractivity contribution in [3.05, 3.63) is 65.0 Å². The zero-order valence-corrected chi connectivity index (χ0v) is 18.9. The average molecular weight is 453 g/mol. The van der Waals surface area contributed by atoms with Crippen LogP contribution in [0.3, 0.4) is 0 Å². The summed E-state index contributed by atoms with van der Waals surface area (Å²) in [5, 5.41) is 3.08. The van der Waals surface area contributed by atoms with Gasteiger partial charge in [-0.2, -0.15) is 0 Å². The number of ether oxygens (including phenoxy) is 1. The number of anilines is 4. The van der Waals surface area contributed by atoms with E-state index in [1.807, 2.05) is 12.1 Å². The number of benzene rings is 1. The second-order valence-electron chi connectivity index (χ2n) is 8.12. The Morgan fingerprint density at radius 2 is 1.97 bits per heavy atom. The van der Waals surface area contributed by atoms with Crippen LogP contribution in [-0.4, -0.2) is 60.9 Å². The molecule has 3 N–H and O–H groups in total. The smallest absolute Gasteiger partial charge is 0.274 e. The van der Waals surface area contributed by atoms with Crippen LogP contribution in [0.4, 0.5) is 27.3 Å². The van der Waals surface area contributed by atoms with Gasteiger partial charge in [-0.3, -0.25) is 9.69 Å². The molecule has 3 heterocycles. The lowest BCUT2D eigenvalue weighted by molar-refractivity contribution is 0.144. The van der Waals surface area contributed by atoms with Crippen LogP contribution in [-0.2, 0) is 11.8 Å². The van der Waals surface area contributed by atoms with Crippen LogP contribution in [0.25, 0.3) is 11.1 Å². The third-order valence-electron chi connectivity index (χ3n) is 5.88. The van der Waals surface area contributed by atoms with Gasteiger partial charge in [0, 0.05) is 64.2 Å². The Hall–Kier alpha value is -3.43. The van der Waals surface area contributed by atoms with Gasteiger partial charge in [-0.25, -0.2) is 9.37 Å². The molecule has 0 saturated carbocycles. The van der Waals surface area contributed by atoms with E-state index in [1.54, 1.807) is 44.8 Å². The molecule has 0 radical (unpaired) electrons. The van der Waals surface area contributed by atoms with Gasteiger partial charge < -0.3 is 25.3 Å². The Labute approximate surface area is 192 Å². The number of aromatic nitrogens is 2. The molecule has 0 amide bonds. The van der Waals surface area contributed by atoms with Crippen LogP contribution in [0.5, 0.6) is 0 Å². The van der Waals surface area contributed by atoms with Crippen molar-refractivity contribution >= 4 is 22.9 Å². The van der Waals surface area contributed by atoms with Gasteiger partial charge in [0.2, 0.25) is 0 Å².